The number of aryl methyl sites for hydroxylation is 1. The predicted molar refractivity (Wildman–Crippen MR) is 91.5 cm³/mol. The molecule has 6 heteroatoms. The van der Waals surface area contributed by atoms with Gasteiger partial charge in [-0.15, -0.1) is 0 Å². The average molecular weight is 340 g/mol. The lowest BCUT2D eigenvalue weighted by molar-refractivity contribution is -0.137. The number of carboxylic acids is 1. The van der Waals surface area contributed by atoms with Crippen molar-refractivity contribution in [1.82, 2.24) is 0 Å². The number of carbonyl (C=O) groups is 1. The van der Waals surface area contributed by atoms with Gasteiger partial charge >= 0.3 is 5.97 Å². The summed E-state index contributed by atoms with van der Waals surface area (Å²) in [6.07, 6.45) is 1.15. The first-order valence-electron chi connectivity index (χ1n) is 7.67. The summed E-state index contributed by atoms with van der Waals surface area (Å²) in [5, 5.41) is 8.97. The number of carboxylic acid groups (broad SMARTS) is 1. The molecule has 0 bridgehead atoms. The number of ether oxygens (including phenoxy) is 2. The lowest BCUT2D eigenvalue weighted by Gasteiger charge is -2.07. The van der Waals surface area contributed by atoms with Gasteiger partial charge in [0.25, 0.3) is 0 Å². The SMILES string of the molecule is Cc1ccc(Oc2coc3cc(OCCC(=O)O)ccc3c2=O)cc1. The summed E-state index contributed by atoms with van der Waals surface area (Å²) in [6, 6.07) is 12.0. The first kappa shape index (κ1) is 16.6. The number of hydrogen-bond acceptors (Lipinski definition) is 5. The van der Waals surface area contributed by atoms with E-state index in [1.165, 1.54) is 6.26 Å². The van der Waals surface area contributed by atoms with Crippen LogP contribution < -0.4 is 14.9 Å². The predicted octanol–water partition coefficient (Wildman–Crippen LogP) is 3.75. The molecule has 1 aromatic heterocycles. The number of rotatable bonds is 6. The van der Waals surface area contributed by atoms with Gasteiger partial charge in [-0.3, -0.25) is 9.59 Å². The fourth-order valence-electron chi connectivity index (χ4n) is 2.24. The van der Waals surface area contributed by atoms with Gasteiger partial charge in [0.1, 0.15) is 23.3 Å². The second-order valence-corrected chi connectivity index (χ2v) is 5.49. The molecule has 0 atom stereocenters. The van der Waals surface area contributed by atoms with E-state index in [9.17, 15) is 9.59 Å². The van der Waals surface area contributed by atoms with Gasteiger partial charge < -0.3 is 19.0 Å². The Bertz CT molecular complexity index is 956. The Kier molecular flexibility index (Phi) is 4.70. The van der Waals surface area contributed by atoms with E-state index < -0.39 is 5.97 Å². The van der Waals surface area contributed by atoms with Crippen molar-refractivity contribution >= 4 is 16.9 Å². The Morgan fingerprint density at radius 2 is 1.84 bits per heavy atom. The molecule has 0 fully saturated rings. The van der Waals surface area contributed by atoms with Gasteiger partial charge in [-0.25, -0.2) is 0 Å². The highest BCUT2D eigenvalue weighted by Gasteiger charge is 2.10. The molecule has 1 N–H and O–H groups in total. The lowest BCUT2D eigenvalue weighted by atomic mass is 10.2. The second-order valence-electron chi connectivity index (χ2n) is 5.49. The maximum absolute atomic E-state index is 12.5. The van der Waals surface area contributed by atoms with Gasteiger partial charge in [0.15, 0.2) is 0 Å². The fourth-order valence-corrected chi connectivity index (χ4v) is 2.24. The van der Waals surface area contributed by atoms with E-state index in [1.807, 2.05) is 19.1 Å². The molecule has 6 nitrogen and oxygen atoms in total. The minimum absolute atomic E-state index is 0.0414. The summed E-state index contributed by atoms with van der Waals surface area (Å²) in [4.78, 5) is 23.0. The fraction of sp³-hybridized carbons (Fsp3) is 0.158. The van der Waals surface area contributed by atoms with Crippen LogP contribution in [0.15, 0.2) is 57.9 Å². The lowest BCUT2D eigenvalue weighted by Crippen LogP contribution is -2.06. The third-order valence-corrected chi connectivity index (χ3v) is 3.55. The highest BCUT2D eigenvalue weighted by molar-refractivity contribution is 5.79. The van der Waals surface area contributed by atoms with Crippen LogP contribution in [0.3, 0.4) is 0 Å². The molecule has 0 aliphatic rings. The van der Waals surface area contributed by atoms with Crippen LogP contribution in [-0.2, 0) is 4.79 Å². The van der Waals surface area contributed by atoms with Crippen molar-refractivity contribution in [2.75, 3.05) is 6.61 Å². The van der Waals surface area contributed by atoms with E-state index in [0.717, 1.165) is 5.56 Å². The third kappa shape index (κ3) is 3.98. The zero-order valence-electron chi connectivity index (χ0n) is 13.5. The Morgan fingerprint density at radius 3 is 2.56 bits per heavy atom. The Balaban J connectivity index is 1.83. The van der Waals surface area contributed by atoms with Gasteiger partial charge in [-0.05, 0) is 31.2 Å². The molecule has 128 valence electrons. The van der Waals surface area contributed by atoms with Crippen molar-refractivity contribution in [3.63, 3.8) is 0 Å². The van der Waals surface area contributed by atoms with Crippen molar-refractivity contribution in [2.45, 2.75) is 13.3 Å². The normalized spacial score (nSPS) is 10.6. The number of aliphatic carboxylic acids is 1. The van der Waals surface area contributed by atoms with Gasteiger partial charge in [0, 0.05) is 6.07 Å². The maximum atomic E-state index is 12.5. The summed E-state index contributed by atoms with van der Waals surface area (Å²) >= 11 is 0. The standard InChI is InChI=1S/C19H16O6/c1-12-2-4-13(5-3-12)25-17-11-24-16-10-14(23-9-8-18(20)21)6-7-15(16)19(17)22/h2-7,10-11H,8-9H2,1H3,(H,20,21). The van der Waals surface area contributed by atoms with Crippen LogP contribution in [0, 0.1) is 6.92 Å². The largest absolute Gasteiger partial charge is 0.493 e. The Morgan fingerprint density at radius 1 is 1.12 bits per heavy atom. The van der Waals surface area contributed by atoms with Gasteiger partial charge in [-0.2, -0.15) is 0 Å². The molecule has 0 aliphatic heterocycles. The quantitative estimate of drug-likeness (QED) is 0.735. The van der Waals surface area contributed by atoms with E-state index in [-0.39, 0.29) is 24.2 Å². The summed E-state index contributed by atoms with van der Waals surface area (Å²) in [7, 11) is 0. The molecular weight excluding hydrogens is 324 g/mol. The van der Waals surface area contributed by atoms with Crippen molar-refractivity contribution in [1.29, 1.82) is 0 Å². The molecule has 0 spiro atoms. The monoisotopic (exact) mass is 340 g/mol. The minimum atomic E-state index is -0.940. The van der Waals surface area contributed by atoms with E-state index in [4.69, 9.17) is 19.0 Å². The number of hydrogen-bond donors (Lipinski definition) is 1. The zero-order chi connectivity index (χ0) is 17.8. The summed E-state index contributed by atoms with van der Waals surface area (Å²) in [5.74, 6) is 0.135. The van der Waals surface area contributed by atoms with E-state index >= 15 is 0 Å². The van der Waals surface area contributed by atoms with Crippen molar-refractivity contribution < 1.29 is 23.8 Å². The van der Waals surface area contributed by atoms with E-state index in [0.29, 0.717) is 22.5 Å². The molecule has 3 aromatic rings. The molecule has 0 radical (unpaired) electrons. The molecule has 1 heterocycles. The maximum Gasteiger partial charge on any atom is 0.306 e. The van der Waals surface area contributed by atoms with E-state index in [1.54, 1.807) is 30.3 Å². The minimum Gasteiger partial charge on any atom is -0.493 e. The van der Waals surface area contributed by atoms with Crippen LogP contribution in [0.4, 0.5) is 0 Å². The highest BCUT2D eigenvalue weighted by Crippen LogP contribution is 2.24. The van der Waals surface area contributed by atoms with Crippen molar-refractivity contribution in [3.05, 3.63) is 64.5 Å². The molecule has 0 saturated heterocycles. The van der Waals surface area contributed by atoms with Crippen molar-refractivity contribution in [2.24, 2.45) is 0 Å². The molecule has 2 aromatic carbocycles. The van der Waals surface area contributed by atoms with Crippen LogP contribution >= 0.6 is 0 Å². The topological polar surface area (TPSA) is 86.0 Å². The molecule has 3 rings (SSSR count). The Labute approximate surface area is 143 Å². The summed E-state index contributed by atoms with van der Waals surface area (Å²) < 4.78 is 16.4. The van der Waals surface area contributed by atoms with Gasteiger partial charge in [0.2, 0.25) is 11.2 Å². The first-order chi connectivity index (χ1) is 12.0. The van der Waals surface area contributed by atoms with Crippen LogP contribution in [0.25, 0.3) is 11.0 Å². The second kappa shape index (κ2) is 7.09. The zero-order valence-corrected chi connectivity index (χ0v) is 13.5. The van der Waals surface area contributed by atoms with Gasteiger partial charge in [-0.1, -0.05) is 17.7 Å². The molecular formula is C19H16O6. The van der Waals surface area contributed by atoms with Crippen LogP contribution in [0.5, 0.6) is 17.2 Å². The summed E-state index contributed by atoms with van der Waals surface area (Å²) in [6.45, 7) is 2.00. The van der Waals surface area contributed by atoms with Crippen LogP contribution in [-0.4, -0.2) is 17.7 Å². The number of benzene rings is 2. The van der Waals surface area contributed by atoms with E-state index in [2.05, 4.69) is 0 Å². The average Bonchev–Trinajstić information content (AvgIpc) is 2.59. The molecule has 0 saturated carbocycles. The van der Waals surface area contributed by atoms with Crippen LogP contribution in [0.1, 0.15) is 12.0 Å². The van der Waals surface area contributed by atoms with Gasteiger partial charge in [0.05, 0.1) is 18.4 Å². The third-order valence-electron chi connectivity index (χ3n) is 3.55. The Hall–Kier alpha value is -3.28. The molecule has 25 heavy (non-hydrogen) atoms. The summed E-state index contributed by atoms with van der Waals surface area (Å²) in [5.41, 5.74) is 1.14. The molecule has 0 unspecified atom stereocenters. The molecule has 0 amide bonds. The molecule has 0 aliphatic carbocycles. The van der Waals surface area contributed by atoms with Crippen molar-refractivity contribution in [3.8, 4) is 17.2 Å². The first-order valence-corrected chi connectivity index (χ1v) is 7.67. The smallest absolute Gasteiger partial charge is 0.306 e. The highest BCUT2D eigenvalue weighted by atomic mass is 16.5. The van der Waals surface area contributed by atoms with Crippen LogP contribution in [0.2, 0.25) is 0 Å². The number of fused-ring (bicyclic) bond motifs is 1.